The Labute approximate surface area is 126 Å². The molecule has 0 aliphatic carbocycles. The molecule has 0 bridgehead atoms. The van der Waals surface area contributed by atoms with Gasteiger partial charge in [-0.1, -0.05) is 23.7 Å². The van der Waals surface area contributed by atoms with Crippen LogP contribution in [0.25, 0.3) is 0 Å². The molecule has 1 amide bonds. The summed E-state index contributed by atoms with van der Waals surface area (Å²) in [5.74, 6) is 0. The van der Waals surface area contributed by atoms with Gasteiger partial charge in [-0.25, -0.2) is 4.79 Å². The lowest BCUT2D eigenvalue weighted by Gasteiger charge is -2.25. The maximum absolute atomic E-state index is 12.8. The van der Waals surface area contributed by atoms with Gasteiger partial charge in [0.15, 0.2) is 0 Å². The molecule has 0 aliphatic heterocycles. The number of hydrogen-bond acceptors (Lipinski definition) is 2. The Hall–Kier alpha value is -1.43. The number of alkyl halides is 3. The van der Waals surface area contributed by atoms with Gasteiger partial charge in [-0.15, -0.1) is 0 Å². The molecule has 0 aromatic heterocycles. The smallest absolute Gasteiger partial charge is 0.417 e. The van der Waals surface area contributed by atoms with Crippen LogP contribution in [0, 0.1) is 0 Å². The number of halogens is 4. The van der Waals surface area contributed by atoms with Crippen LogP contribution in [-0.4, -0.2) is 23.6 Å². The zero-order valence-corrected chi connectivity index (χ0v) is 13.0. The van der Waals surface area contributed by atoms with E-state index in [4.69, 9.17) is 16.3 Å². The highest BCUT2D eigenvalue weighted by Gasteiger charge is 2.34. The first-order valence-corrected chi connectivity index (χ1v) is 6.58. The van der Waals surface area contributed by atoms with Crippen LogP contribution in [0.1, 0.15) is 31.9 Å². The average molecular weight is 324 g/mol. The van der Waals surface area contributed by atoms with Crippen molar-refractivity contribution in [1.82, 2.24) is 4.90 Å². The molecule has 3 nitrogen and oxygen atoms in total. The summed E-state index contributed by atoms with van der Waals surface area (Å²) in [6, 6.07) is 3.60. The van der Waals surface area contributed by atoms with Gasteiger partial charge in [-0.05, 0) is 32.4 Å². The highest BCUT2D eigenvalue weighted by Crippen LogP contribution is 2.36. The highest BCUT2D eigenvalue weighted by molar-refractivity contribution is 6.32. The van der Waals surface area contributed by atoms with E-state index >= 15 is 0 Å². The molecule has 7 heteroatoms. The summed E-state index contributed by atoms with van der Waals surface area (Å²) in [6.07, 6.45) is -5.16. The van der Waals surface area contributed by atoms with Gasteiger partial charge in [-0.3, -0.25) is 0 Å². The Morgan fingerprint density at radius 1 is 1.29 bits per heavy atom. The second-order valence-corrected chi connectivity index (χ2v) is 5.99. The third-order valence-electron chi connectivity index (χ3n) is 2.50. The Kier molecular flexibility index (Phi) is 5.15. The van der Waals surface area contributed by atoms with Crippen molar-refractivity contribution in [3.8, 4) is 0 Å². The molecule has 0 radical (unpaired) electrons. The molecular formula is C14H17ClF3NO2. The summed E-state index contributed by atoms with van der Waals surface area (Å²) in [6.45, 7) is 5.04. The van der Waals surface area contributed by atoms with E-state index in [1.807, 2.05) is 0 Å². The van der Waals surface area contributed by atoms with E-state index in [2.05, 4.69) is 0 Å². The number of benzene rings is 1. The first-order valence-electron chi connectivity index (χ1n) is 6.20. The quantitative estimate of drug-likeness (QED) is 0.787. The summed E-state index contributed by atoms with van der Waals surface area (Å²) in [4.78, 5) is 13.0. The minimum absolute atomic E-state index is 0.0718. The molecule has 21 heavy (non-hydrogen) atoms. The normalized spacial score (nSPS) is 12.2. The Morgan fingerprint density at radius 2 is 1.86 bits per heavy atom. The van der Waals surface area contributed by atoms with E-state index in [9.17, 15) is 18.0 Å². The van der Waals surface area contributed by atoms with Crippen LogP contribution < -0.4 is 0 Å². The molecule has 0 aliphatic rings. The number of hydrogen-bond donors (Lipinski definition) is 0. The van der Waals surface area contributed by atoms with Crippen molar-refractivity contribution >= 4 is 17.7 Å². The van der Waals surface area contributed by atoms with Gasteiger partial charge in [0.25, 0.3) is 0 Å². The van der Waals surface area contributed by atoms with Crippen LogP contribution in [0.4, 0.5) is 18.0 Å². The van der Waals surface area contributed by atoms with Crippen molar-refractivity contribution in [2.75, 3.05) is 7.05 Å². The lowest BCUT2D eigenvalue weighted by Crippen LogP contribution is -2.33. The SMILES string of the molecule is CN(Cc1cccc(C(F)(F)F)c1Cl)C(=O)OC(C)(C)C. The molecule has 0 spiro atoms. The van der Waals surface area contributed by atoms with Gasteiger partial charge in [0.05, 0.1) is 17.1 Å². The van der Waals surface area contributed by atoms with Gasteiger partial charge in [0.2, 0.25) is 0 Å². The van der Waals surface area contributed by atoms with Crippen molar-refractivity contribution in [2.45, 2.75) is 39.1 Å². The average Bonchev–Trinajstić information content (AvgIpc) is 2.27. The van der Waals surface area contributed by atoms with E-state index in [0.717, 1.165) is 6.07 Å². The number of rotatable bonds is 2. The van der Waals surface area contributed by atoms with Crippen molar-refractivity contribution < 1.29 is 22.7 Å². The zero-order valence-electron chi connectivity index (χ0n) is 12.2. The predicted molar refractivity (Wildman–Crippen MR) is 74.2 cm³/mol. The van der Waals surface area contributed by atoms with Crippen LogP contribution in [0.5, 0.6) is 0 Å². The summed E-state index contributed by atoms with van der Waals surface area (Å²) in [5.41, 5.74) is -1.39. The number of carbonyl (C=O) groups is 1. The van der Waals surface area contributed by atoms with Crippen molar-refractivity contribution in [3.05, 3.63) is 34.3 Å². The summed E-state index contributed by atoms with van der Waals surface area (Å²) in [7, 11) is 1.44. The Bertz CT molecular complexity index is 524. The molecular weight excluding hydrogens is 307 g/mol. The minimum atomic E-state index is -4.53. The fourth-order valence-electron chi connectivity index (χ4n) is 1.58. The third-order valence-corrected chi connectivity index (χ3v) is 2.94. The molecule has 1 aromatic carbocycles. The summed E-state index contributed by atoms with van der Waals surface area (Å²) >= 11 is 5.78. The first kappa shape index (κ1) is 17.6. The number of amides is 1. The maximum atomic E-state index is 12.8. The molecule has 118 valence electrons. The third kappa shape index (κ3) is 5.12. The van der Waals surface area contributed by atoms with Gasteiger partial charge < -0.3 is 9.64 Å². The topological polar surface area (TPSA) is 29.5 Å². The van der Waals surface area contributed by atoms with Crippen LogP contribution in [-0.2, 0) is 17.5 Å². The lowest BCUT2D eigenvalue weighted by atomic mass is 10.1. The first-order chi connectivity index (χ1) is 9.42. The minimum Gasteiger partial charge on any atom is -0.444 e. The number of ether oxygens (including phenoxy) is 1. The van der Waals surface area contributed by atoms with Gasteiger partial charge in [0, 0.05) is 7.05 Å². The Balaban J connectivity index is 2.92. The highest BCUT2D eigenvalue weighted by atomic mass is 35.5. The van der Waals surface area contributed by atoms with Crippen LogP contribution in [0.2, 0.25) is 5.02 Å². The molecule has 0 heterocycles. The van der Waals surface area contributed by atoms with Crippen LogP contribution in [0.15, 0.2) is 18.2 Å². The molecule has 0 unspecified atom stereocenters. The molecule has 1 rings (SSSR count). The van der Waals surface area contributed by atoms with Crippen molar-refractivity contribution in [3.63, 3.8) is 0 Å². The molecule has 0 atom stereocenters. The van der Waals surface area contributed by atoms with Crippen molar-refractivity contribution in [2.24, 2.45) is 0 Å². The van der Waals surface area contributed by atoms with E-state index in [0.29, 0.717) is 0 Å². The van der Waals surface area contributed by atoms with E-state index in [1.165, 1.54) is 24.1 Å². The second kappa shape index (κ2) is 6.13. The van der Waals surface area contributed by atoms with Crippen LogP contribution >= 0.6 is 11.6 Å². The van der Waals surface area contributed by atoms with Gasteiger partial charge in [0.1, 0.15) is 5.60 Å². The van der Waals surface area contributed by atoms with Crippen molar-refractivity contribution in [1.29, 1.82) is 0 Å². The summed E-state index contributed by atoms with van der Waals surface area (Å²) < 4.78 is 43.4. The standard InChI is InChI=1S/C14H17ClF3NO2/c1-13(2,3)21-12(20)19(4)8-9-6-5-7-10(11(9)15)14(16,17)18/h5-7H,8H2,1-4H3. The molecule has 0 saturated heterocycles. The maximum Gasteiger partial charge on any atom is 0.417 e. The van der Waals surface area contributed by atoms with Gasteiger partial charge >= 0.3 is 12.3 Å². The fraction of sp³-hybridized carbons (Fsp3) is 0.500. The molecule has 0 saturated carbocycles. The predicted octanol–water partition coefficient (Wildman–Crippen LogP) is 4.73. The van der Waals surface area contributed by atoms with Crippen LogP contribution in [0.3, 0.4) is 0 Å². The molecule has 0 N–H and O–H groups in total. The monoisotopic (exact) mass is 323 g/mol. The number of carbonyl (C=O) groups excluding carboxylic acids is 1. The van der Waals surface area contributed by atoms with Gasteiger partial charge in [-0.2, -0.15) is 13.2 Å². The summed E-state index contributed by atoms with van der Waals surface area (Å²) in [5, 5.41) is -0.402. The molecule has 0 fully saturated rings. The Morgan fingerprint density at radius 3 is 2.33 bits per heavy atom. The van der Waals surface area contributed by atoms with E-state index in [1.54, 1.807) is 20.8 Å². The lowest BCUT2D eigenvalue weighted by molar-refractivity contribution is -0.137. The number of nitrogens with zero attached hydrogens (tertiary/aromatic N) is 1. The largest absolute Gasteiger partial charge is 0.444 e. The van der Waals surface area contributed by atoms with E-state index in [-0.39, 0.29) is 12.1 Å². The van der Waals surface area contributed by atoms with E-state index < -0.39 is 28.5 Å². The molecule has 1 aromatic rings. The zero-order chi connectivity index (χ0) is 16.4. The fourth-order valence-corrected chi connectivity index (χ4v) is 1.87. The second-order valence-electron chi connectivity index (χ2n) is 5.61.